The minimum absolute atomic E-state index is 0.156. The molecule has 0 amide bonds. The molecule has 0 unspecified atom stereocenters. The van der Waals surface area contributed by atoms with Gasteiger partial charge >= 0.3 is 6.18 Å². The molecule has 0 saturated carbocycles. The molecule has 1 aliphatic heterocycles. The summed E-state index contributed by atoms with van der Waals surface area (Å²) in [4.78, 5) is 1.14. The van der Waals surface area contributed by atoms with Crippen molar-refractivity contribution in [1.29, 1.82) is 0 Å². The Kier molecular flexibility index (Phi) is 7.27. The van der Waals surface area contributed by atoms with Gasteiger partial charge in [-0.25, -0.2) is 0 Å². The third-order valence-corrected chi connectivity index (χ3v) is 5.34. The molecule has 3 rings (SSSR count). The molecule has 3 nitrogen and oxygen atoms in total. The number of benzene rings is 2. The Morgan fingerprint density at radius 1 is 1.10 bits per heavy atom. The highest BCUT2D eigenvalue weighted by atomic mass is 32.2. The largest absolute Gasteiger partial charge is 0.488 e. The molecule has 0 N–H and O–H groups in total. The van der Waals surface area contributed by atoms with Crippen LogP contribution in [-0.2, 0) is 15.7 Å². The molecule has 2 aromatic carbocycles. The lowest BCUT2D eigenvalue weighted by Crippen LogP contribution is -2.42. The monoisotopic (exact) mass is 424 g/mol. The van der Waals surface area contributed by atoms with Gasteiger partial charge in [-0.2, -0.15) is 13.2 Å². The van der Waals surface area contributed by atoms with Crippen molar-refractivity contribution in [2.75, 3.05) is 12.4 Å². The molecule has 1 aliphatic rings. The lowest BCUT2D eigenvalue weighted by Gasteiger charge is -2.33. The Morgan fingerprint density at radius 2 is 1.83 bits per heavy atom. The molecule has 1 saturated heterocycles. The summed E-state index contributed by atoms with van der Waals surface area (Å²) in [5.41, 5.74) is 1.17. The zero-order chi connectivity index (χ0) is 20.9. The molecular formula is C22H23F3O3S. The van der Waals surface area contributed by atoms with E-state index in [-0.39, 0.29) is 12.6 Å². The van der Waals surface area contributed by atoms with Crippen LogP contribution in [0.3, 0.4) is 0 Å². The highest BCUT2D eigenvalue weighted by molar-refractivity contribution is 7.99. The predicted octanol–water partition coefficient (Wildman–Crippen LogP) is 6.31. The van der Waals surface area contributed by atoms with Crippen LogP contribution in [0, 0.1) is 6.92 Å². The van der Waals surface area contributed by atoms with Gasteiger partial charge in [0, 0.05) is 10.6 Å². The molecule has 2 aromatic rings. The molecule has 156 valence electrons. The molecule has 0 radical (unpaired) electrons. The van der Waals surface area contributed by atoms with Gasteiger partial charge in [0.1, 0.15) is 12.4 Å². The Balaban J connectivity index is 1.40. The van der Waals surface area contributed by atoms with E-state index in [0.29, 0.717) is 6.61 Å². The van der Waals surface area contributed by atoms with Crippen LogP contribution in [0.15, 0.2) is 53.4 Å². The molecule has 0 atom stereocenters. The van der Waals surface area contributed by atoms with Crippen molar-refractivity contribution in [1.82, 2.24) is 0 Å². The number of thioether (sulfide) groups is 1. The Hall–Kier alpha value is -1.96. The fourth-order valence-electron chi connectivity index (χ4n) is 2.80. The fourth-order valence-corrected chi connectivity index (χ4v) is 3.71. The molecule has 7 heteroatoms. The summed E-state index contributed by atoms with van der Waals surface area (Å²) in [6.45, 7) is 4.20. The van der Waals surface area contributed by atoms with Gasteiger partial charge in [-0.1, -0.05) is 24.3 Å². The van der Waals surface area contributed by atoms with Crippen molar-refractivity contribution >= 4 is 17.8 Å². The lowest BCUT2D eigenvalue weighted by molar-refractivity contribution is -0.380. The van der Waals surface area contributed by atoms with Crippen molar-refractivity contribution in [2.45, 2.75) is 43.9 Å². The van der Waals surface area contributed by atoms with Gasteiger partial charge in [0.05, 0.1) is 5.56 Å². The highest BCUT2D eigenvalue weighted by Gasteiger charge is 2.29. The zero-order valence-electron chi connectivity index (χ0n) is 16.2. The van der Waals surface area contributed by atoms with E-state index in [1.807, 2.05) is 38.1 Å². The third-order valence-electron chi connectivity index (χ3n) is 4.31. The van der Waals surface area contributed by atoms with Crippen molar-refractivity contribution in [2.24, 2.45) is 0 Å². The second kappa shape index (κ2) is 9.69. The van der Waals surface area contributed by atoms with Gasteiger partial charge in [0.15, 0.2) is 12.6 Å². The van der Waals surface area contributed by atoms with Crippen LogP contribution in [-0.4, -0.2) is 24.9 Å². The molecule has 0 bridgehead atoms. The summed E-state index contributed by atoms with van der Waals surface area (Å²) in [5, 5.41) is 0. The highest BCUT2D eigenvalue weighted by Crippen LogP contribution is 2.29. The summed E-state index contributed by atoms with van der Waals surface area (Å²) in [5.74, 6) is 1.68. The first-order chi connectivity index (χ1) is 13.8. The van der Waals surface area contributed by atoms with Crippen LogP contribution in [0.4, 0.5) is 13.2 Å². The van der Waals surface area contributed by atoms with Crippen LogP contribution in [0.5, 0.6) is 5.75 Å². The quantitative estimate of drug-likeness (QED) is 0.367. The number of halogens is 3. The molecule has 29 heavy (non-hydrogen) atoms. The minimum Gasteiger partial charge on any atom is -0.488 e. The maximum absolute atomic E-state index is 12.6. The van der Waals surface area contributed by atoms with Crippen LogP contribution in [0.25, 0.3) is 6.08 Å². The summed E-state index contributed by atoms with van der Waals surface area (Å²) in [6, 6.07) is 11.2. The molecule has 1 heterocycles. The average Bonchev–Trinajstić information content (AvgIpc) is 2.65. The number of rotatable bonds is 8. The standard InChI is InChI=1S/C22H23F3O3S/c1-15-13-19(10-11-20(15)26-14-21-27-16(2)28-21)29-12-4-3-5-17-6-8-18(9-7-17)22(23,24)25/h3,5-11,13,16,21H,4,12,14H2,1-2H3. The number of alkyl halides is 3. The van der Waals surface area contributed by atoms with Crippen LogP contribution < -0.4 is 4.74 Å². The minimum atomic E-state index is -4.30. The molecule has 0 aliphatic carbocycles. The molecule has 0 spiro atoms. The summed E-state index contributed by atoms with van der Waals surface area (Å²) < 4.78 is 54.1. The van der Waals surface area contributed by atoms with Crippen LogP contribution in [0.1, 0.15) is 30.0 Å². The number of aryl methyl sites for hydroxylation is 1. The van der Waals surface area contributed by atoms with Gasteiger partial charge < -0.3 is 14.2 Å². The van der Waals surface area contributed by atoms with Gasteiger partial charge in [-0.3, -0.25) is 0 Å². The molecular weight excluding hydrogens is 401 g/mol. The zero-order valence-corrected chi connectivity index (χ0v) is 17.1. The lowest BCUT2D eigenvalue weighted by atomic mass is 10.1. The summed E-state index contributed by atoms with van der Waals surface area (Å²) in [6.07, 6.45) is -0.118. The van der Waals surface area contributed by atoms with Crippen molar-refractivity contribution in [3.63, 3.8) is 0 Å². The number of allylic oxidation sites excluding steroid dienone is 1. The third kappa shape index (κ3) is 6.52. The van der Waals surface area contributed by atoms with E-state index >= 15 is 0 Å². The van der Waals surface area contributed by atoms with Gasteiger partial charge in [0.25, 0.3) is 0 Å². The smallest absolute Gasteiger partial charge is 0.416 e. The maximum Gasteiger partial charge on any atom is 0.416 e. The van der Waals surface area contributed by atoms with Crippen molar-refractivity contribution in [3.8, 4) is 5.75 Å². The second-order valence-corrected chi connectivity index (χ2v) is 7.84. The van der Waals surface area contributed by atoms with Crippen molar-refractivity contribution in [3.05, 3.63) is 65.2 Å². The first kappa shape index (κ1) is 21.7. The van der Waals surface area contributed by atoms with Crippen LogP contribution >= 0.6 is 11.8 Å². The van der Waals surface area contributed by atoms with Crippen molar-refractivity contribution < 1.29 is 27.4 Å². The van der Waals surface area contributed by atoms with E-state index in [1.54, 1.807) is 11.8 Å². The first-order valence-corrected chi connectivity index (χ1v) is 10.3. The Labute approximate surface area is 172 Å². The fraction of sp³-hybridized carbons (Fsp3) is 0.364. The van der Waals surface area contributed by atoms with E-state index in [0.717, 1.165) is 46.1 Å². The Bertz CT molecular complexity index is 828. The van der Waals surface area contributed by atoms with Crippen LogP contribution in [0.2, 0.25) is 0 Å². The van der Waals surface area contributed by atoms with E-state index in [2.05, 4.69) is 6.07 Å². The second-order valence-electron chi connectivity index (χ2n) is 6.67. The van der Waals surface area contributed by atoms with E-state index in [9.17, 15) is 13.2 Å². The number of hydrogen-bond acceptors (Lipinski definition) is 4. The average molecular weight is 424 g/mol. The molecule has 0 aromatic heterocycles. The topological polar surface area (TPSA) is 27.7 Å². The van der Waals surface area contributed by atoms with Gasteiger partial charge in [0.2, 0.25) is 0 Å². The first-order valence-electron chi connectivity index (χ1n) is 9.32. The number of hydrogen-bond donors (Lipinski definition) is 0. The van der Waals surface area contributed by atoms with E-state index < -0.39 is 11.7 Å². The normalized spacial score (nSPS) is 19.3. The van der Waals surface area contributed by atoms with Gasteiger partial charge in [-0.15, -0.1) is 11.8 Å². The van der Waals surface area contributed by atoms with E-state index in [1.165, 1.54) is 12.1 Å². The predicted molar refractivity (Wildman–Crippen MR) is 108 cm³/mol. The number of ether oxygens (including phenoxy) is 3. The van der Waals surface area contributed by atoms with Gasteiger partial charge in [-0.05, 0) is 61.7 Å². The summed E-state index contributed by atoms with van der Waals surface area (Å²) >= 11 is 1.72. The summed E-state index contributed by atoms with van der Waals surface area (Å²) in [7, 11) is 0. The Morgan fingerprint density at radius 3 is 2.45 bits per heavy atom. The maximum atomic E-state index is 12.6. The van der Waals surface area contributed by atoms with E-state index in [4.69, 9.17) is 14.2 Å². The molecule has 1 fully saturated rings. The SMILES string of the molecule is Cc1cc(SCCC=Cc2ccc(C(F)(F)F)cc2)ccc1OCC1OC(C)O1.